The van der Waals surface area contributed by atoms with Crippen LogP contribution in [0.2, 0.25) is 0 Å². The van der Waals surface area contributed by atoms with E-state index < -0.39 is 0 Å². The summed E-state index contributed by atoms with van der Waals surface area (Å²) in [6, 6.07) is 0. The topological polar surface area (TPSA) is 9.23 Å². The van der Waals surface area contributed by atoms with E-state index in [1.54, 1.807) is 0 Å². The molecule has 0 aromatic carbocycles. The molecule has 0 spiro atoms. The first-order valence-corrected chi connectivity index (χ1v) is 5.70. The van der Waals surface area contributed by atoms with E-state index in [-0.39, 0.29) is 5.60 Å². The summed E-state index contributed by atoms with van der Waals surface area (Å²) < 4.78 is 6.18. The van der Waals surface area contributed by atoms with Gasteiger partial charge in [-0.1, -0.05) is 13.8 Å². The Morgan fingerprint density at radius 3 is 2.69 bits per heavy atom. The van der Waals surface area contributed by atoms with Crippen molar-refractivity contribution in [2.45, 2.75) is 65.1 Å². The van der Waals surface area contributed by atoms with Gasteiger partial charge in [-0.05, 0) is 50.9 Å². The fraction of sp³-hybridized carbons (Fsp3) is 1.00. The zero-order valence-corrected chi connectivity index (χ0v) is 9.39. The van der Waals surface area contributed by atoms with Crippen molar-refractivity contribution in [1.82, 2.24) is 0 Å². The summed E-state index contributed by atoms with van der Waals surface area (Å²) in [6.45, 7) is 9.25. The van der Waals surface area contributed by atoms with Gasteiger partial charge in [0, 0.05) is 0 Å². The van der Waals surface area contributed by atoms with Crippen LogP contribution >= 0.6 is 0 Å². The maximum atomic E-state index is 6.18. The fourth-order valence-corrected chi connectivity index (χ4v) is 3.39. The molecule has 13 heavy (non-hydrogen) atoms. The Labute approximate surface area is 81.9 Å². The smallest absolute Gasteiger partial charge is 0.0690 e. The minimum atomic E-state index is 0.188. The Bertz CT molecular complexity index is 213. The number of fused-ring (bicyclic) bond motifs is 2. The molecule has 0 amide bonds. The van der Waals surface area contributed by atoms with Crippen LogP contribution in [0.15, 0.2) is 0 Å². The molecule has 76 valence electrons. The van der Waals surface area contributed by atoms with Crippen LogP contribution in [-0.2, 0) is 4.74 Å². The molecule has 0 N–H and O–H groups in total. The van der Waals surface area contributed by atoms with Crippen molar-refractivity contribution in [3.8, 4) is 0 Å². The Morgan fingerprint density at radius 1 is 1.38 bits per heavy atom. The number of hydrogen-bond acceptors (Lipinski definition) is 1. The van der Waals surface area contributed by atoms with Crippen LogP contribution in [-0.4, -0.2) is 11.7 Å². The minimum absolute atomic E-state index is 0.188. The van der Waals surface area contributed by atoms with E-state index in [0.29, 0.717) is 11.5 Å². The first-order chi connectivity index (χ1) is 6.02. The molecule has 1 saturated heterocycles. The van der Waals surface area contributed by atoms with Gasteiger partial charge in [-0.15, -0.1) is 0 Å². The summed E-state index contributed by atoms with van der Waals surface area (Å²) in [5.41, 5.74) is 0.703. The van der Waals surface area contributed by atoms with Gasteiger partial charge in [0.1, 0.15) is 0 Å². The van der Waals surface area contributed by atoms with Gasteiger partial charge in [0.25, 0.3) is 0 Å². The molecule has 1 aliphatic carbocycles. The van der Waals surface area contributed by atoms with E-state index in [2.05, 4.69) is 27.7 Å². The van der Waals surface area contributed by atoms with Gasteiger partial charge in [0.15, 0.2) is 0 Å². The van der Waals surface area contributed by atoms with Crippen molar-refractivity contribution in [2.75, 3.05) is 0 Å². The van der Waals surface area contributed by atoms with Crippen molar-refractivity contribution < 1.29 is 4.74 Å². The van der Waals surface area contributed by atoms with Gasteiger partial charge in [-0.2, -0.15) is 0 Å². The largest absolute Gasteiger partial charge is 0.371 e. The molecule has 0 aromatic heterocycles. The van der Waals surface area contributed by atoms with Crippen LogP contribution < -0.4 is 0 Å². The van der Waals surface area contributed by atoms with Gasteiger partial charge in [-0.25, -0.2) is 0 Å². The lowest BCUT2D eigenvalue weighted by Gasteiger charge is -2.39. The molecule has 4 atom stereocenters. The van der Waals surface area contributed by atoms with Gasteiger partial charge in [0.05, 0.1) is 11.7 Å². The first-order valence-electron chi connectivity index (χ1n) is 5.70. The number of rotatable bonds is 1. The first kappa shape index (κ1) is 9.51. The van der Waals surface area contributed by atoms with E-state index >= 15 is 0 Å². The second kappa shape index (κ2) is 2.73. The average Bonchev–Trinajstić information content (AvgIpc) is 2.31. The summed E-state index contributed by atoms with van der Waals surface area (Å²) >= 11 is 0. The molecule has 2 bridgehead atoms. The van der Waals surface area contributed by atoms with Crippen LogP contribution in [0.25, 0.3) is 0 Å². The highest BCUT2D eigenvalue weighted by Crippen LogP contribution is 2.57. The van der Waals surface area contributed by atoms with Crippen LogP contribution in [0.4, 0.5) is 0 Å². The van der Waals surface area contributed by atoms with Crippen LogP contribution in [0.1, 0.15) is 53.4 Å². The molecular weight excluding hydrogens is 160 g/mol. The number of ether oxygens (including phenoxy) is 1. The molecule has 2 fully saturated rings. The number of hydrogen-bond donors (Lipinski definition) is 0. The standard InChI is InChI=1S/C12H22O/c1-5-12-7-6-9(2)11(4,8-12)13-10(12)3/h9-10H,5-8H2,1-4H3/t9?,10-,11+,12?/m0/s1. The quantitative estimate of drug-likeness (QED) is 0.604. The average molecular weight is 182 g/mol. The van der Waals surface area contributed by atoms with E-state index in [4.69, 9.17) is 4.74 Å². The van der Waals surface area contributed by atoms with E-state index in [1.807, 2.05) is 0 Å². The van der Waals surface area contributed by atoms with Crippen LogP contribution in [0, 0.1) is 11.3 Å². The molecule has 1 nitrogen and oxygen atoms in total. The van der Waals surface area contributed by atoms with Crippen molar-refractivity contribution >= 4 is 0 Å². The Morgan fingerprint density at radius 2 is 2.08 bits per heavy atom. The van der Waals surface area contributed by atoms with Gasteiger partial charge >= 0.3 is 0 Å². The summed E-state index contributed by atoms with van der Waals surface area (Å²) in [5.74, 6) is 0.747. The molecule has 1 saturated carbocycles. The second-order valence-corrected chi connectivity index (χ2v) is 5.41. The Kier molecular flexibility index (Phi) is 1.99. The summed E-state index contributed by atoms with van der Waals surface area (Å²) in [6.07, 6.45) is 5.79. The minimum Gasteiger partial charge on any atom is -0.371 e. The third kappa shape index (κ3) is 1.16. The lowest BCUT2D eigenvalue weighted by molar-refractivity contribution is -0.0545. The Hall–Kier alpha value is -0.0400. The van der Waals surface area contributed by atoms with E-state index in [0.717, 1.165) is 5.92 Å². The highest BCUT2D eigenvalue weighted by Gasteiger charge is 2.55. The Balaban J connectivity index is 2.28. The highest BCUT2D eigenvalue weighted by molar-refractivity contribution is 5.04. The molecular formula is C12H22O. The van der Waals surface area contributed by atoms with E-state index in [1.165, 1.54) is 25.7 Å². The lowest BCUT2D eigenvalue weighted by Crippen LogP contribution is -2.38. The SMILES string of the molecule is CCC12CCC(C)[C@@](C)(C1)O[C@H]2C. The molecule has 1 aliphatic heterocycles. The van der Waals surface area contributed by atoms with E-state index in [9.17, 15) is 0 Å². The van der Waals surface area contributed by atoms with Crippen molar-refractivity contribution in [1.29, 1.82) is 0 Å². The van der Waals surface area contributed by atoms with Gasteiger partial charge < -0.3 is 4.74 Å². The highest BCUT2D eigenvalue weighted by atomic mass is 16.5. The maximum absolute atomic E-state index is 6.18. The zero-order chi connectivity index (χ0) is 9.69. The fourth-order valence-electron chi connectivity index (χ4n) is 3.39. The molecule has 1 heterocycles. The zero-order valence-electron chi connectivity index (χ0n) is 9.39. The summed E-state index contributed by atoms with van der Waals surface area (Å²) in [7, 11) is 0. The van der Waals surface area contributed by atoms with Crippen molar-refractivity contribution in [3.63, 3.8) is 0 Å². The predicted molar refractivity (Wildman–Crippen MR) is 54.7 cm³/mol. The molecule has 0 radical (unpaired) electrons. The molecule has 2 unspecified atom stereocenters. The summed E-state index contributed by atoms with van der Waals surface area (Å²) in [4.78, 5) is 0. The van der Waals surface area contributed by atoms with Crippen molar-refractivity contribution in [2.24, 2.45) is 11.3 Å². The third-order valence-electron chi connectivity index (χ3n) is 4.83. The maximum Gasteiger partial charge on any atom is 0.0690 e. The summed E-state index contributed by atoms with van der Waals surface area (Å²) in [5, 5.41) is 0. The van der Waals surface area contributed by atoms with Crippen molar-refractivity contribution in [3.05, 3.63) is 0 Å². The molecule has 2 aliphatic rings. The molecule has 2 rings (SSSR count). The predicted octanol–water partition coefficient (Wildman–Crippen LogP) is 3.38. The molecule has 1 heteroatoms. The van der Waals surface area contributed by atoms with Crippen LogP contribution in [0.5, 0.6) is 0 Å². The van der Waals surface area contributed by atoms with Crippen LogP contribution in [0.3, 0.4) is 0 Å². The lowest BCUT2D eigenvalue weighted by atomic mass is 9.64. The molecule has 0 aromatic rings. The van der Waals surface area contributed by atoms with Gasteiger partial charge in [0.2, 0.25) is 0 Å². The normalized spacial score (nSPS) is 55.4. The van der Waals surface area contributed by atoms with Gasteiger partial charge in [-0.3, -0.25) is 0 Å². The monoisotopic (exact) mass is 182 g/mol. The second-order valence-electron chi connectivity index (χ2n) is 5.41. The third-order valence-corrected chi connectivity index (χ3v) is 4.83.